The summed E-state index contributed by atoms with van der Waals surface area (Å²) in [6.07, 6.45) is 0. The first-order valence-corrected chi connectivity index (χ1v) is 8.84. The second kappa shape index (κ2) is 6.49. The van der Waals surface area contributed by atoms with Crippen LogP contribution in [0.25, 0.3) is 11.2 Å². The number of nitrogens with zero attached hydrogens (tertiary/aromatic N) is 3. The van der Waals surface area contributed by atoms with Gasteiger partial charge < -0.3 is 4.57 Å². The lowest BCUT2D eigenvalue weighted by molar-refractivity contribution is 0.595. The molecule has 2 heterocycles. The predicted molar refractivity (Wildman–Crippen MR) is 97.0 cm³/mol. The predicted octanol–water partition coefficient (Wildman–Crippen LogP) is 2.95. The van der Waals surface area contributed by atoms with E-state index < -0.39 is 11.2 Å². The van der Waals surface area contributed by atoms with Crippen molar-refractivity contribution >= 4 is 34.5 Å². The topological polar surface area (TPSA) is 72.7 Å². The van der Waals surface area contributed by atoms with Gasteiger partial charge in [-0.25, -0.2) is 9.78 Å². The molecule has 0 fully saturated rings. The SMILES string of the molecule is CC(C)n1c(CSc2ccccc2Cl)nc2c1c(=O)[nH]c(=O)n2C. The minimum absolute atomic E-state index is 0.0375. The number of rotatable bonds is 4. The van der Waals surface area contributed by atoms with E-state index in [2.05, 4.69) is 9.97 Å². The number of thioether (sulfide) groups is 1. The zero-order chi connectivity index (χ0) is 17.4. The molecule has 3 rings (SSSR count). The Bertz CT molecular complexity index is 1020. The van der Waals surface area contributed by atoms with Crippen LogP contribution in [0.1, 0.15) is 25.7 Å². The van der Waals surface area contributed by atoms with Gasteiger partial charge in [0.05, 0.1) is 10.8 Å². The van der Waals surface area contributed by atoms with E-state index in [0.717, 1.165) is 10.7 Å². The number of aromatic nitrogens is 4. The summed E-state index contributed by atoms with van der Waals surface area (Å²) in [4.78, 5) is 31.9. The number of halogens is 1. The van der Waals surface area contributed by atoms with Gasteiger partial charge >= 0.3 is 5.69 Å². The minimum Gasteiger partial charge on any atom is -0.319 e. The highest BCUT2D eigenvalue weighted by molar-refractivity contribution is 7.98. The summed E-state index contributed by atoms with van der Waals surface area (Å²) < 4.78 is 3.23. The molecular weight excluding hydrogens is 348 g/mol. The first-order chi connectivity index (χ1) is 11.4. The Hall–Kier alpha value is -1.99. The first-order valence-electron chi connectivity index (χ1n) is 7.47. The molecule has 2 aromatic heterocycles. The zero-order valence-electron chi connectivity index (χ0n) is 13.5. The Morgan fingerprint density at radius 3 is 2.67 bits per heavy atom. The van der Waals surface area contributed by atoms with E-state index in [1.807, 2.05) is 42.7 Å². The second-order valence-corrected chi connectivity index (χ2v) is 7.13. The number of imidazole rings is 1. The van der Waals surface area contributed by atoms with Crippen molar-refractivity contribution in [3.63, 3.8) is 0 Å². The van der Waals surface area contributed by atoms with Crippen molar-refractivity contribution in [2.24, 2.45) is 7.05 Å². The molecule has 0 unspecified atom stereocenters. The molecule has 0 radical (unpaired) electrons. The Kier molecular flexibility index (Phi) is 4.56. The molecule has 0 aliphatic heterocycles. The summed E-state index contributed by atoms with van der Waals surface area (Å²) in [6, 6.07) is 7.62. The maximum Gasteiger partial charge on any atom is 0.329 e. The Balaban J connectivity index is 2.11. The molecule has 0 saturated heterocycles. The highest BCUT2D eigenvalue weighted by Crippen LogP contribution is 2.30. The first kappa shape index (κ1) is 16.9. The number of nitrogens with one attached hydrogen (secondary N) is 1. The fourth-order valence-electron chi connectivity index (χ4n) is 2.61. The van der Waals surface area contributed by atoms with Gasteiger partial charge in [0.15, 0.2) is 11.2 Å². The Morgan fingerprint density at radius 2 is 2.00 bits per heavy atom. The number of fused-ring (bicyclic) bond motifs is 1. The van der Waals surface area contributed by atoms with Crippen LogP contribution in [0.5, 0.6) is 0 Å². The zero-order valence-corrected chi connectivity index (χ0v) is 15.1. The van der Waals surface area contributed by atoms with Gasteiger partial charge in [-0.15, -0.1) is 11.8 Å². The molecule has 0 bridgehead atoms. The summed E-state index contributed by atoms with van der Waals surface area (Å²) in [5, 5.41) is 0.681. The van der Waals surface area contributed by atoms with Gasteiger partial charge in [-0.1, -0.05) is 23.7 Å². The Morgan fingerprint density at radius 1 is 1.29 bits per heavy atom. The van der Waals surface area contributed by atoms with Gasteiger partial charge in [0.25, 0.3) is 5.56 Å². The smallest absolute Gasteiger partial charge is 0.319 e. The molecule has 126 valence electrons. The van der Waals surface area contributed by atoms with Gasteiger partial charge in [-0.3, -0.25) is 14.3 Å². The van der Waals surface area contributed by atoms with E-state index in [-0.39, 0.29) is 6.04 Å². The summed E-state index contributed by atoms with van der Waals surface area (Å²) in [5.41, 5.74) is -0.0661. The van der Waals surface area contributed by atoms with Crippen LogP contribution in [0.3, 0.4) is 0 Å². The standard InChI is InChI=1S/C16H17ClN4O2S/c1-9(2)21-12(8-24-11-7-5-4-6-10(11)17)18-14-13(21)15(22)19-16(23)20(14)3/h4-7,9H,8H2,1-3H3,(H,19,22,23). The fourth-order valence-corrected chi connectivity index (χ4v) is 3.78. The monoisotopic (exact) mass is 364 g/mol. The van der Waals surface area contributed by atoms with Crippen LogP contribution in [-0.2, 0) is 12.8 Å². The molecular formula is C16H17ClN4O2S. The lowest BCUT2D eigenvalue weighted by Gasteiger charge is -2.12. The molecule has 0 aliphatic carbocycles. The normalized spacial score (nSPS) is 11.5. The minimum atomic E-state index is -0.466. The van der Waals surface area contributed by atoms with E-state index in [4.69, 9.17) is 11.6 Å². The van der Waals surface area contributed by atoms with Gasteiger partial charge in [0.1, 0.15) is 5.82 Å². The average molecular weight is 365 g/mol. The molecule has 24 heavy (non-hydrogen) atoms. The van der Waals surface area contributed by atoms with Crippen LogP contribution in [0, 0.1) is 0 Å². The molecule has 1 N–H and O–H groups in total. The third-order valence-electron chi connectivity index (χ3n) is 3.73. The Labute approximate surface area is 147 Å². The molecule has 3 aromatic rings. The summed E-state index contributed by atoms with van der Waals surface area (Å²) in [6.45, 7) is 3.96. The summed E-state index contributed by atoms with van der Waals surface area (Å²) in [7, 11) is 1.60. The van der Waals surface area contributed by atoms with E-state index in [1.54, 1.807) is 18.8 Å². The highest BCUT2D eigenvalue weighted by atomic mass is 35.5. The van der Waals surface area contributed by atoms with Crippen LogP contribution in [-0.4, -0.2) is 19.1 Å². The molecule has 0 amide bonds. The van der Waals surface area contributed by atoms with Crippen LogP contribution >= 0.6 is 23.4 Å². The van der Waals surface area contributed by atoms with Gasteiger partial charge in [-0.05, 0) is 26.0 Å². The number of aromatic amines is 1. The summed E-state index contributed by atoms with van der Waals surface area (Å²) >= 11 is 7.74. The lowest BCUT2D eigenvalue weighted by Crippen LogP contribution is -2.29. The summed E-state index contributed by atoms with van der Waals surface area (Å²) in [5.74, 6) is 1.28. The largest absolute Gasteiger partial charge is 0.329 e. The molecule has 0 spiro atoms. The van der Waals surface area contributed by atoms with Crippen molar-refractivity contribution in [2.75, 3.05) is 0 Å². The number of H-pyrrole nitrogens is 1. The van der Waals surface area contributed by atoms with Crippen molar-refractivity contribution in [1.82, 2.24) is 19.1 Å². The molecule has 8 heteroatoms. The van der Waals surface area contributed by atoms with E-state index in [9.17, 15) is 9.59 Å². The van der Waals surface area contributed by atoms with Crippen molar-refractivity contribution in [3.05, 3.63) is 56.0 Å². The molecule has 0 aliphatic rings. The number of hydrogen-bond acceptors (Lipinski definition) is 4. The number of hydrogen-bond donors (Lipinski definition) is 1. The van der Waals surface area contributed by atoms with Gasteiger partial charge in [0.2, 0.25) is 0 Å². The lowest BCUT2D eigenvalue weighted by atomic mass is 10.3. The van der Waals surface area contributed by atoms with Gasteiger partial charge in [0, 0.05) is 18.0 Å². The maximum absolute atomic E-state index is 12.3. The molecule has 0 saturated carbocycles. The average Bonchev–Trinajstić information content (AvgIpc) is 2.92. The van der Waals surface area contributed by atoms with E-state index in [0.29, 0.717) is 21.9 Å². The number of aryl methyl sites for hydroxylation is 1. The molecule has 6 nitrogen and oxygen atoms in total. The third-order valence-corrected chi connectivity index (χ3v) is 5.24. The van der Waals surface area contributed by atoms with E-state index >= 15 is 0 Å². The van der Waals surface area contributed by atoms with Crippen LogP contribution < -0.4 is 11.2 Å². The highest BCUT2D eigenvalue weighted by Gasteiger charge is 2.19. The van der Waals surface area contributed by atoms with Crippen molar-refractivity contribution in [2.45, 2.75) is 30.5 Å². The van der Waals surface area contributed by atoms with Crippen LogP contribution in [0.2, 0.25) is 5.02 Å². The molecule has 0 atom stereocenters. The third kappa shape index (κ3) is 2.89. The van der Waals surface area contributed by atoms with Gasteiger partial charge in [-0.2, -0.15) is 0 Å². The van der Waals surface area contributed by atoms with Crippen molar-refractivity contribution in [1.29, 1.82) is 0 Å². The van der Waals surface area contributed by atoms with E-state index in [1.165, 1.54) is 4.57 Å². The van der Waals surface area contributed by atoms with Crippen molar-refractivity contribution in [3.8, 4) is 0 Å². The van der Waals surface area contributed by atoms with Crippen molar-refractivity contribution < 1.29 is 0 Å². The number of benzene rings is 1. The molecule has 1 aromatic carbocycles. The quantitative estimate of drug-likeness (QED) is 0.722. The van der Waals surface area contributed by atoms with Crippen LogP contribution in [0.15, 0.2) is 38.8 Å². The van der Waals surface area contributed by atoms with Crippen LogP contribution in [0.4, 0.5) is 0 Å². The maximum atomic E-state index is 12.3. The fraction of sp³-hybridized carbons (Fsp3) is 0.312. The second-order valence-electron chi connectivity index (χ2n) is 5.70.